The number of amides is 1. The second-order valence-corrected chi connectivity index (χ2v) is 5.49. The first-order chi connectivity index (χ1) is 9.88. The Morgan fingerprint density at radius 2 is 1.95 bits per heavy atom. The third-order valence-electron chi connectivity index (χ3n) is 3.59. The van der Waals surface area contributed by atoms with E-state index in [1.165, 1.54) is 11.1 Å². The lowest BCUT2D eigenvalue weighted by Gasteiger charge is -2.19. The van der Waals surface area contributed by atoms with Crippen LogP contribution in [0.25, 0.3) is 0 Å². The van der Waals surface area contributed by atoms with Crippen molar-refractivity contribution in [3.05, 3.63) is 58.4 Å². The molecule has 0 fully saturated rings. The summed E-state index contributed by atoms with van der Waals surface area (Å²) in [6.45, 7) is 6.51. The summed E-state index contributed by atoms with van der Waals surface area (Å²) in [6, 6.07) is 7.94. The topological polar surface area (TPSA) is 59.2 Å². The molecule has 21 heavy (non-hydrogen) atoms. The molecule has 1 aromatic heterocycles. The van der Waals surface area contributed by atoms with Crippen LogP contribution in [-0.4, -0.2) is 22.8 Å². The van der Waals surface area contributed by atoms with E-state index in [2.05, 4.69) is 37.0 Å². The maximum absolute atomic E-state index is 12.5. The molecule has 4 nitrogen and oxygen atoms in total. The number of aromatic nitrogens is 1. The Hall–Kier alpha value is -2.36. The number of hydrogen-bond donors (Lipinski definition) is 1. The van der Waals surface area contributed by atoms with Crippen LogP contribution in [-0.2, 0) is 6.54 Å². The largest absolute Gasteiger partial charge is 0.397 e. The van der Waals surface area contributed by atoms with Gasteiger partial charge in [-0.2, -0.15) is 0 Å². The first-order valence-electron chi connectivity index (χ1n) is 6.92. The molecule has 0 aliphatic heterocycles. The van der Waals surface area contributed by atoms with Gasteiger partial charge in [0.15, 0.2) is 0 Å². The molecule has 1 amide bonds. The van der Waals surface area contributed by atoms with Crippen molar-refractivity contribution in [1.29, 1.82) is 0 Å². The van der Waals surface area contributed by atoms with E-state index in [1.807, 2.05) is 6.92 Å². The van der Waals surface area contributed by atoms with Crippen LogP contribution in [0.2, 0.25) is 0 Å². The maximum atomic E-state index is 12.5. The fourth-order valence-corrected chi connectivity index (χ4v) is 2.32. The minimum absolute atomic E-state index is 0.0627. The van der Waals surface area contributed by atoms with Crippen LogP contribution in [0.3, 0.4) is 0 Å². The standard InChI is InChI=1S/C17H21N3O/c1-11-5-6-14(12(2)7-11)10-20(4)17(21)16-8-15(18)9-19-13(16)3/h5-9H,10,18H2,1-4H3. The van der Waals surface area contributed by atoms with Gasteiger partial charge in [-0.15, -0.1) is 0 Å². The van der Waals surface area contributed by atoms with Gasteiger partial charge in [-0.05, 0) is 38.0 Å². The van der Waals surface area contributed by atoms with Gasteiger partial charge in [0.05, 0.1) is 23.1 Å². The predicted octanol–water partition coefficient (Wildman–Crippen LogP) is 2.86. The lowest BCUT2D eigenvalue weighted by Crippen LogP contribution is -2.27. The third kappa shape index (κ3) is 3.40. The Labute approximate surface area is 125 Å². The van der Waals surface area contributed by atoms with Crippen LogP contribution in [0.5, 0.6) is 0 Å². The maximum Gasteiger partial charge on any atom is 0.255 e. The summed E-state index contributed by atoms with van der Waals surface area (Å²) in [4.78, 5) is 18.4. The number of hydrogen-bond acceptors (Lipinski definition) is 3. The number of anilines is 1. The van der Waals surface area contributed by atoms with Gasteiger partial charge in [-0.3, -0.25) is 9.78 Å². The average molecular weight is 283 g/mol. The van der Waals surface area contributed by atoms with E-state index in [0.29, 0.717) is 23.5 Å². The summed E-state index contributed by atoms with van der Waals surface area (Å²) in [5.74, 6) is -0.0627. The minimum atomic E-state index is -0.0627. The van der Waals surface area contributed by atoms with Crippen molar-refractivity contribution in [3.63, 3.8) is 0 Å². The second kappa shape index (κ2) is 5.95. The highest BCUT2D eigenvalue weighted by atomic mass is 16.2. The van der Waals surface area contributed by atoms with Crippen LogP contribution >= 0.6 is 0 Å². The summed E-state index contributed by atoms with van der Waals surface area (Å²) < 4.78 is 0. The first kappa shape index (κ1) is 15.0. The molecular formula is C17H21N3O. The zero-order chi connectivity index (χ0) is 15.6. The third-order valence-corrected chi connectivity index (χ3v) is 3.59. The number of nitrogen functional groups attached to an aromatic ring is 1. The number of pyridine rings is 1. The van der Waals surface area contributed by atoms with E-state index in [1.54, 1.807) is 24.2 Å². The van der Waals surface area contributed by atoms with Crippen molar-refractivity contribution in [3.8, 4) is 0 Å². The van der Waals surface area contributed by atoms with Crippen LogP contribution < -0.4 is 5.73 Å². The highest BCUT2D eigenvalue weighted by Crippen LogP contribution is 2.16. The van der Waals surface area contributed by atoms with Crippen molar-refractivity contribution in [2.45, 2.75) is 27.3 Å². The van der Waals surface area contributed by atoms with E-state index < -0.39 is 0 Å². The van der Waals surface area contributed by atoms with Crippen LogP contribution in [0.15, 0.2) is 30.5 Å². The molecule has 0 radical (unpaired) electrons. The van der Waals surface area contributed by atoms with Crippen LogP contribution in [0.1, 0.15) is 32.7 Å². The molecule has 0 spiro atoms. The molecule has 0 saturated carbocycles. The number of rotatable bonds is 3. The fourth-order valence-electron chi connectivity index (χ4n) is 2.32. The number of aryl methyl sites for hydroxylation is 3. The Balaban J connectivity index is 2.21. The zero-order valence-electron chi connectivity index (χ0n) is 13.0. The molecule has 0 aliphatic rings. The van der Waals surface area contributed by atoms with Gasteiger partial charge in [-0.1, -0.05) is 23.8 Å². The Morgan fingerprint density at radius 3 is 2.62 bits per heavy atom. The van der Waals surface area contributed by atoms with Crippen molar-refractivity contribution < 1.29 is 4.79 Å². The van der Waals surface area contributed by atoms with Crippen molar-refractivity contribution in [2.24, 2.45) is 0 Å². The Bertz CT molecular complexity index is 680. The molecule has 0 bridgehead atoms. The van der Waals surface area contributed by atoms with Crippen molar-refractivity contribution in [2.75, 3.05) is 12.8 Å². The molecule has 0 saturated heterocycles. The van der Waals surface area contributed by atoms with Gasteiger partial charge in [0, 0.05) is 13.6 Å². The zero-order valence-corrected chi connectivity index (χ0v) is 13.0. The van der Waals surface area contributed by atoms with Crippen molar-refractivity contribution in [1.82, 2.24) is 9.88 Å². The molecule has 4 heteroatoms. The monoisotopic (exact) mass is 283 g/mol. The second-order valence-electron chi connectivity index (χ2n) is 5.49. The quantitative estimate of drug-likeness (QED) is 0.942. The molecule has 0 aliphatic carbocycles. The average Bonchev–Trinajstić information content (AvgIpc) is 2.43. The number of carbonyl (C=O) groups is 1. The molecule has 1 aromatic carbocycles. The summed E-state index contributed by atoms with van der Waals surface area (Å²) >= 11 is 0. The summed E-state index contributed by atoms with van der Waals surface area (Å²) in [6.07, 6.45) is 1.57. The van der Waals surface area contributed by atoms with E-state index in [9.17, 15) is 4.79 Å². The van der Waals surface area contributed by atoms with Gasteiger partial charge in [0.25, 0.3) is 5.91 Å². The molecule has 1 heterocycles. The van der Waals surface area contributed by atoms with E-state index in [0.717, 1.165) is 5.56 Å². The number of benzene rings is 1. The SMILES string of the molecule is Cc1ccc(CN(C)C(=O)c2cc(N)cnc2C)c(C)c1. The normalized spacial score (nSPS) is 10.5. The summed E-state index contributed by atoms with van der Waals surface area (Å²) in [7, 11) is 1.80. The molecule has 110 valence electrons. The Morgan fingerprint density at radius 1 is 1.24 bits per heavy atom. The number of nitrogens with two attached hydrogens (primary N) is 1. The number of carbonyl (C=O) groups excluding carboxylic acids is 1. The highest BCUT2D eigenvalue weighted by molar-refractivity contribution is 5.95. The smallest absolute Gasteiger partial charge is 0.255 e. The minimum Gasteiger partial charge on any atom is -0.397 e. The highest BCUT2D eigenvalue weighted by Gasteiger charge is 2.16. The summed E-state index contributed by atoms with van der Waals surface area (Å²) in [5, 5.41) is 0. The Kier molecular flexibility index (Phi) is 4.26. The van der Waals surface area contributed by atoms with Gasteiger partial charge >= 0.3 is 0 Å². The fraction of sp³-hybridized carbons (Fsp3) is 0.294. The predicted molar refractivity (Wildman–Crippen MR) is 85.1 cm³/mol. The van der Waals surface area contributed by atoms with Gasteiger partial charge < -0.3 is 10.6 Å². The van der Waals surface area contributed by atoms with Gasteiger partial charge in [0.1, 0.15) is 0 Å². The van der Waals surface area contributed by atoms with Gasteiger partial charge in [-0.25, -0.2) is 0 Å². The first-order valence-corrected chi connectivity index (χ1v) is 6.92. The molecule has 0 unspecified atom stereocenters. The molecule has 2 rings (SSSR count). The van der Waals surface area contributed by atoms with E-state index in [-0.39, 0.29) is 5.91 Å². The molecule has 2 aromatic rings. The molecular weight excluding hydrogens is 262 g/mol. The van der Waals surface area contributed by atoms with Crippen LogP contribution in [0.4, 0.5) is 5.69 Å². The van der Waals surface area contributed by atoms with Crippen molar-refractivity contribution >= 4 is 11.6 Å². The van der Waals surface area contributed by atoms with Crippen LogP contribution in [0, 0.1) is 20.8 Å². The lowest BCUT2D eigenvalue weighted by atomic mass is 10.0. The summed E-state index contributed by atoms with van der Waals surface area (Å²) in [5.41, 5.74) is 11.0. The molecule has 0 atom stereocenters. The lowest BCUT2D eigenvalue weighted by molar-refractivity contribution is 0.0784. The van der Waals surface area contributed by atoms with Gasteiger partial charge in [0.2, 0.25) is 0 Å². The van der Waals surface area contributed by atoms with E-state index in [4.69, 9.17) is 5.73 Å². The number of nitrogens with zero attached hydrogens (tertiary/aromatic N) is 2. The molecule has 2 N–H and O–H groups in total. The van der Waals surface area contributed by atoms with E-state index >= 15 is 0 Å².